The zero-order chi connectivity index (χ0) is 11.1. The number of nitrogens with zero attached hydrogens (tertiary/aromatic N) is 3. The molecule has 82 valence electrons. The zero-order valence-electron chi connectivity index (χ0n) is 9.40. The number of nitrogens with one attached hydrogen (secondary N) is 1. The van der Waals surface area contributed by atoms with Crippen molar-refractivity contribution in [2.45, 2.75) is 38.3 Å². The smallest absolute Gasteiger partial charge is 0.106 e. The van der Waals surface area contributed by atoms with Crippen molar-refractivity contribution in [2.75, 3.05) is 7.05 Å². The molecule has 1 rings (SSSR count). The van der Waals surface area contributed by atoms with E-state index in [9.17, 15) is 0 Å². The van der Waals surface area contributed by atoms with Crippen LogP contribution in [0.15, 0.2) is 18.5 Å². The molecule has 0 saturated carbocycles. The number of aromatic nitrogens is 2. The molecule has 1 N–H and O–H groups in total. The van der Waals surface area contributed by atoms with Gasteiger partial charge in [0, 0.05) is 18.9 Å². The Morgan fingerprint density at radius 1 is 1.60 bits per heavy atom. The first-order valence-corrected chi connectivity index (χ1v) is 5.34. The van der Waals surface area contributed by atoms with E-state index in [-0.39, 0.29) is 5.54 Å². The highest BCUT2D eigenvalue weighted by Crippen LogP contribution is 2.16. The Kier molecular flexibility index (Phi) is 4.32. The molecule has 0 aliphatic rings. The van der Waals surface area contributed by atoms with E-state index in [1.807, 2.05) is 30.9 Å². The molecule has 1 unspecified atom stereocenters. The summed E-state index contributed by atoms with van der Waals surface area (Å²) in [5.74, 6) is 0. The number of nitriles is 1. The lowest BCUT2D eigenvalue weighted by atomic mass is 9.92. The van der Waals surface area contributed by atoms with Crippen molar-refractivity contribution in [1.82, 2.24) is 15.1 Å². The maximum Gasteiger partial charge on any atom is 0.106 e. The fourth-order valence-corrected chi connectivity index (χ4v) is 1.64. The van der Waals surface area contributed by atoms with Gasteiger partial charge in [0.1, 0.15) is 5.54 Å². The van der Waals surface area contributed by atoms with E-state index < -0.39 is 0 Å². The van der Waals surface area contributed by atoms with Crippen molar-refractivity contribution in [3.63, 3.8) is 0 Å². The Morgan fingerprint density at radius 2 is 2.40 bits per heavy atom. The molecule has 15 heavy (non-hydrogen) atoms. The molecule has 0 spiro atoms. The summed E-state index contributed by atoms with van der Waals surface area (Å²) >= 11 is 0. The van der Waals surface area contributed by atoms with Crippen LogP contribution in [0, 0.1) is 11.3 Å². The van der Waals surface area contributed by atoms with Gasteiger partial charge >= 0.3 is 0 Å². The quantitative estimate of drug-likeness (QED) is 0.768. The highest BCUT2D eigenvalue weighted by Gasteiger charge is 2.24. The van der Waals surface area contributed by atoms with E-state index in [0.29, 0.717) is 0 Å². The van der Waals surface area contributed by atoms with Crippen LogP contribution in [0.2, 0.25) is 0 Å². The van der Waals surface area contributed by atoms with Crippen LogP contribution in [0.25, 0.3) is 0 Å². The van der Waals surface area contributed by atoms with Gasteiger partial charge in [-0.25, -0.2) is 0 Å². The normalized spacial score (nSPS) is 14.5. The Balaban J connectivity index is 2.39. The number of aryl methyl sites for hydroxylation is 1. The van der Waals surface area contributed by atoms with Crippen LogP contribution < -0.4 is 5.32 Å². The first-order valence-electron chi connectivity index (χ1n) is 5.34. The molecule has 0 saturated heterocycles. The molecule has 1 aromatic heterocycles. The SMILES string of the molecule is CCC(C#N)(CCCn1cccn1)NC. The average molecular weight is 206 g/mol. The van der Waals surface area contributed by atoms with Gasteiger partial charge in [0.2, 0.25) is 0 Å². The van der Waals surface area contributed by atoms with E-state index >= 15 is 0 Å². The second-order valence-corrected chi connectivity index (χ2v) is 3.67. The van der Waals surface area contributed by atoms with Crippen LogP contribution in [0.5, 0.6) is 0 Å². The van der Waals surface area contributed by atoms with Crippen LogP contribution in [0.3, 0.4) is 0 Å². The largest absolute Gasteiger partial charge is 0.302 e. The molecule has 0 aliphatic heterocycles. The summed E-state index contributed by atoms with van der Waals surface area (Å²) < 4.78 is 1.90. The number of rotatable bonds is 6. The van der Waals surface area contributed by atoms with Crippen molar-refractivity contribution in [2.24, 2.45) is 0 Å². The molecule has 1 aromatic rings. The highest BCUT2D eigenvalue weighted by molar-refractivity contribution is 5.05. The molecular formula is C11H18N4. The Morgan fingerprint density at radius 3 is 2.87 bits per heavy atom. The maximum atomic E-state index is 9.10. The molecule has 4 heteroatoms. The summed E-state index contributed by atoms with van der Waals surface area (Å²) in [6.45, 7) is 2.91. The van der Waals surface area contributed by atoms with E-state index in [1.54, 1.807) is 6.20 Å². The predicted octanol–water partition coefficient (Wildman–Crippen LogP) is 1.56. The van der Waals surface area contributed by atoms with Crippen molar-refractivity contribution in [3.8, 4) is 6.07 Å². The summed E-state index contributed by atoms with van der Waals surface area (Å²) in [5, 5.41) is 16.3. The molecule has 0 fully saturated rings. The molecule has 0 radical (unpaired) electrons. The van der Waals surface area contributed by atoms with Gasteiger partial charge < -0.3 is 5.32 Å². The van der Waals surface area contributed by atoms with E-state index in [2.05, 4.69) is 16.5 Å². The summed E-state index contributed by atoms with van der Waals surface area (Å²) in [6.07, 6.45) is 6.37. The van der Waals surface area contributed by atoms with Crippen molar-refractivity contribution in [3.05, 3.63) is 18.5 Å². The monoisotopic (exact) mass is 206 g/mol. The van der Waals surface area contributed by atoms with Crippen molar-refractivity contribution in [1.29, 1.82) is 5.26 Å². The zero-order valence-corrected chi connectivity index (χ0v) is 9.40. The predicted molar refractivity (Wildman–Crippen MR) is 59.2 cm³/mol. The van der Waals surface area contributed by atoms with Crippen LogP contribution in [0.4, 0.5) is 0 Å². The van der Waals surface area contributed by atoms with E-state index in [1.165, 1.54) is 0 Å². The van der Waals surface area contributed by atoms with Gasteiger partial charge in [-0.05, 0) is 32.4 Å². The third-order valence-electron chi connectivity index (χ3n) is 2.85. The molecule has 0 amide bonds. The van der Waals surface area contributed by atoms with Gasteiger partial charge in [0.15, 0.2) is 0 Å². The fourth-order valence-electron chi connectivity index (χ4n) is 1.64. The fraction of sp³-hybridized carbons (Fsp3) is 0.636. The van der Waals surface area contributed by atoms with Crippen molar-refractivity contribution >= 4 is 0 Å². The second-order valence-electron chi connectivity index (χ2n) is 3.67. The Bertz CT molecular complexity index is 306. The minimum absolute atomic E-state index is 0.368. The summed E-state index contributed by atoms with van der Waals surface area (Å²) in [7, 11) is 1.85. The third kappa shape index (κ3) is 3.07. The third-order valence-corrected chi connectivity index (χ3v) is 2.85. The minimum atomic E-state index is -0.368. The summed E-state index contributed by atoms with van der Waals surface area (Å²) in [6, 6.07) is 4.27. The van der Waals surface area contributed by atoms with Crippen LogP contribution in [-0.2, 0) is 6.54 Å². The highest BCUT2D eigenvalue weighted by atomic mass is 15.3. The maximum absolute atomic E-state index is 9.10. The average Bonchev–Trinajstić information content (AvgIpc) is 2.78. The number of hydrogen-bond donors (Lipinski definition) is 1. The molecule has 4 nitrogen and oxygen atoms in total. The molecule has 1 heterocycles. The Labute approximate surface area is 90.9 Å². The first kappa shape index (κ1) is 11.7. The molecule has 0 aromatic carbocycles. The minimum Gasteiger partial charge on any atom is -0.302 e. The van der Waals surface area contributed by atoms with Gasteiger partial charge in [-0.15, -0.1) is 0 Å². The van der Waals surface area contributed by atoms with Crippen LogP contribution in [-0.4, -0.2) is 22.4 Å². The van der Waals surface area contributed by atoms with Gasteiger partial charge in [-0.1, -0.05) is 6.92 Å². The molecule has 0 bridgehead atoms. The lowest BCUT2D eigenvalue weighted by Gasteiger charge is -2.24. The van der Waals surface area contributed by atoms with Crippen LogP contribution in [0.1, 0.15) is 26.2 Å². The molecule has 0 aliphatic carbocycles. The summed E-state index contributed by atoms with van der Waals surface area (Å²) in [4.78, 5) is 0. The molecular weight excluding hydrogens is 188 g/mol. The van der Waals surface area contributed by atoms with Gasteiger partial charge in [-0.3, -0.25) is 4.68 Å². The van der Waals surface area contributed by atoms with E-state index in [0.717, 1.165) is 25.8 Å². The van der Waals surface area contributed by atoms with E-state index in [4.69, 9.17) is 5.26 Å². The molecule has 1 atom stereocenters. The first-order chi connectivity index (χ1) is 7.26. The number of hydrogen-bond acceptors (Lipinski definition) is 3. The van der Waals surface area contributed by atoms with Gasteiger partial charge in [0.25, 0.3) is 0 Å². The lowest BCUT2D eigenvalue weighted by molar-refractivity contribution is 0.375. The van der Waals surface area contributed by atoms with Gasteiger partial charge in [-0.2, -0.15) is 10.4 Å². The van der Waals surface area contributed by atoms with Gasteiger partial charge in [0.05, 0.1) is 6.07 Å². The topological polar surface area (TPSA) is 53.6 Å². The standard InChI is InChI=1S/C11H18N4/c1-3-11(10-12,13-2)6-4-8-15-9-5-7-14-15/h5,7,9,13H,3-4,6,8H2,1-2H3. The van der Waals surface area contributed by atoms with Crippen molar-refractivity contribution < 1.29 is 0 Å². The lowest BCUT2D eigenvalue weighted by Crippen LogP contribution is -2.40. The van der Waals surface area contributed by atoms with Crippen LogP contribution >= 0.6 is 0 Å². The summed E-state index contributed by atoms with van der Waals surface area (Å²) in [5.41, 5.74) is -0.368. The Hall–Kier alpha value is -1.34. The second kappa shape index (κ2) is 5.52.